The van der Waals surface area contributed by atoms with Crippen molar-refractivity contribution in [1.29, 1.82) is 0 Å². The molecule has 0 spiro atoms. The van der Waals surface area contributed by atoms with Crippen LogP contribution in [0.1, 0.15) is 13.8 Å². The van der Waals surface area contributed by atoms with Gasteiger partial charge in [-0.25, -0.2) is 4.79 Å². The topological polar surface area (TPSA) is 54.0 Å². The SMILES string of the molecule is CC.O=C(Nc1ccncc1)Nc1ccc(Cl)c(Cl)c1. The zero-order chi connectivity index (χ0) is 15.0. The molecule has 2 rings (SSSR count). The standard InChI is InChI=1S/C12H9Cl2N3O.C2H6/c13-10-2-1-9(7-11(10)14)17-12(18)16-8-3-5-15-6-4-8;1-2/h1-7H,(H2,15,16,17,18);1-2H3. The normalized spacial score (nSPS) is 9.20. The number of anilines is 2. The summed E-state index contributed by atoms with van der Waals surface area (Å²) in [6.45, 7) is 4.00. The lowest BCUT2D eigenvalue weighted by atomic mass is 10.3. The number of aromatic nitrogens is 1. The first-order valence-electron chi connectivity index (χ1n) is 6.08. The molecule has 1 aromatic heterocycles. The number of benzene rings is 1. The van der Waals surface area contributed by atoms with Crippen molar-refractivity contribution >= 4 is 40.6 Å². The molecule has 0 aliphatic rings. The summed E-state index contributed by atoms with van der Waals surface area (Å²) in [7, 11) is 0. The van der Waals surface area contributed by atoms with Crippen molar-refractivity contribution in [2.45, 2.75) is 13.8 Å². The van der Waals surface area contributed by atoms with Gasteiger partial charge in [0.05, 0.1) is 10.0 Å². The fourth-order valence-corrected chi connectivity index (χ4v) is 1.60. The molecule has 0 saturated carbocycles. The number of amides is 2. The molecule has 0 atom stereocenters. The van der Waals surface area contributed by atoms with Crippen molar-refractivity contribution < 1.29 is 4.79 Å². The van der Waals surface area contributed by atoms with E-state index in [4.69, 9.17) is 23.2 Å². The number of urea groups is 1. The van der Waals surface area contributed by atoms with Crippen LogP contribution in [0.3, 0.4) is 0 Å². The van der Waals surface area contributed by atoms with Gasteiger partial charge in [0.1, 0.15) is 0 Å². The van der Waals surface area contributed by atoms with Gasteiger partial charge >= 0.3 is 6.03 Å². The van der Waals surface area contributed by atoms with E-state index in [-0.39, 0.29) is 6.03 Å². The molecule has 1 aromatic carbocycles. The van der Waals surface area contributed by atoms with E-state index in [1.807, 2.05) is 13.8 Å². The van der Waals surface area contributed by atoms with Crippen molar-refractivity contribution in [3.63, 3.8) is 0 Å². The summed E-state index contributed by atoms with van der Waals surface area (Å²) in [6.07, 6.45) is 3.18. The van der Waals surface area contributed by atoms with Gasteiger partial charge in [-0.05, 0) is 30.3 Å². The van der Waals surface area contributed by atoms with Gasteiger partial charge in [-0.3, -0.25) is 4.98 Å². The zero-order valence-corrected chi connectivity index (χ0v) is 12.7. The Morgan fingerprint density at radius 3 is 2.15 bits per heavy atom. The van der Waals surface area contributed by atoms with Gasteiger partial charge in [-0.15, -0.1) is 0 Å². The Morgan fingerprint density at radius 1 is 0.950 bits per heavy atom. The third-order valence-corrected chi connectivity index (χ3v) is 2.85. The fraction of sp³-hybridized carbons (Fsp3) is 0.143. The van der Waals surface area contributed by atoms with Crippen LogP contribution in [0.4, 0.5) is 16.2 Å². The van der Waals surface area contributed by atoms with Crippen LogP contribution < -0.4 is 10.6 Å². The van der Waals surface area contributed by atoms with Crippen LogP contribution in [-0.4, -0.2) is 11.0 Å². The van der Waals surface area contributed by atoms with Crippen LogP contribution in [0.5, 0.6) is 0 Å². The van der Waals surface area contributed by atoms with E-state index >= 15 is 0 Å². The first-order chi connectivity index (χ1) is 9.65. The molecule has 4 nitrogen and oxygen atoms in total. The smallest absolute Gasteiger partial charge is 0.308 e. The molecular weight excluding hydrogens is 297 g/mol. The molecule has 0 bridgehead atoms. The summed E-state index contributed by atoms with van der Waals surface area (Å²) in [6, 6.07) is 7.88. The first-order valence-corrected chi connectivity index (χ1v) is 6.84. The summed E-state index contributed by atoms with van der Waals surface area (Å²) in [5.41, 5.74) is 1.22. The Morgan fingerprint density at radius 2 is 1.55 bits per heavy atom. The Balaban J connectivity index is 0.000000956. The lowest BCUT2D eigenvalue weighted by molar-refractivity contribution is 0.262. The van der Waals surface area contributed by atoms with Crippen molar-refractivity contribution in [2.75, 3.05) is 10.6 Å². The summed E-state index contributed by atoms with van der Waals surface area (Å²) in [4.78, 5) is 15.5. The van der Waals surface area contributed by atoms with E-state index in [2.05, 4.69) is 15.6 Å². The van der Waals surface area contributed by atoms with Crippen LogP contribution in [0, 0.1) is 0 Å². The van der Waals surface area contributed by atoms with Crippen LogP contribution in [0.15, 0.2) is 42.7 Å². The maximum atomic E-state index is 11.7. The molecule has 2 N–H and O–H groups in total. The van der Waals surface area contributed by atoms with Gasteiger partial charge in [-0.1, -0.05) is 37.0 Å². The predicted molar refractivity (Wildman–Crippen MR) is 84.7 cm³/mol. The summed E-state index contributed by atoms with van der Waals surface area (Å²) >= 11 is 11.6. The average Bonchev–Trinajstić information content (AvgIpc) is 2.46. The average molecular weight is 312 g/mol. The van der Waals surface area contributed by atoms with Crippen molar-refractivity contribution in [3.8, 4) is 0 Å². The van der Waals surface area contributed by atoms with Gasteiger partial charge in [0.25, 0.3) is 0 Å². The van der Waals surface area contributed by atoms with Crippen molar-refractivity contribution in [1.82, 2.24) is 4.98 Å². The Bertz CT molecular complexity index is 562. The minimum atomic E-state index is -0.361. The molecule has 0 saturated heterocycles. The van der Waals surface area contributed by atoms with E-state index in [1.165, 1.54) is 0 Å². The third kappa shape index (κ3) is 5.07. The van der Waals surface area contributed by atoms with Crippen LogP contribution in [-0.2, 0) is 0 Å². The summed E-state index contributed by atoms with van der Waals surface area (Å²) in [5.74, 6) is 0. The molecule has 0 radical (unpaired) electrons. The Kier molecular flexibility index (Phi) is 6.84. The molecule has 0 unspecified atom stereocenters. The minimum Gasteiger partial charge on any atom is -0.308 e. The Labute approximate surface area is 128 Å². The second kappa shape index (κ2) is 8.40. The monoisotopic (exact) mass is 311 g/mol. The summed E-state index contributed by atoms with van der Waals surface area (Å²) < 4.78 is 0. The number of hydrogen-bond acceptors (Lipinski definition) is 2. The van der Waals surface area contributed by atoms with E-state index in [0.29, 0.717) is 21.4 Å². The lowest BCUT2D eigenvalue weighted by Gasteiger charge is -2.08. The number of carbonyl (C=O) groups excluding carboxylic acids is 1. The molecule has 2 aromatic rings. The zero-order valence-electron chi connectivity index (χ0n) is 11.2. The maximum Gasteiger partial charge on any atom is 0.323 e. The number of nitrogens with one attached hydrogen (secondary N) is 2. The number of pyridine rings is 1. The van der Waals surface area contributed by atoms with E-state index < -0.39 is 0 Å². The van der Waals surface area contributed by atoms with Crippen molar-refractivity contribution in [2.24, 2.45) is 0 Å². The van der Waals surface area contributed by atoms with E-state index in [1.54, 1.807) is 42.7 Å². The van der Waals surface area contributed by atoms with Gasteiger partial charge in [0.15, 0.2) is 0 Å². The predicted octanol–water partition coefficient (Wildman–Crippen LogP) is 5.06. The molecule has 1 heterocycles. The molecule has 0 aliphatic carbocycles. The lowest BCUT2D eigenvalue weighted by Crippen LogP contribution is -2.19. The quantitative estimate of drug-likeness (QED) is 0.814. The number of carbonyl (C=O) groups is 1. The van der Waals surface area contributed by atoms with E-state index in [0.717, 1.165) is 0 Å². The number of hydrogen-bond donors (Lipinski definition) is 2. The van der Waals surface area contributed by atoms with Gasteiger partial charge in [-0.2, -0.15) is 0 Å². The van der Waals surface area contributed by atoms with Gasteiger partial charge in [0, 0.05) is 23.8 Å². The molecule has 20 heavy (non-hydrogen) atoms. The minimum absolute atomic E-state index is 0.361. The highest BCUT2D eigenvalue weighted by Gasteiger charge is 2.04. The molecule has 6 heteroatoms. The van der Waals surface area contributed by atoms with Crippen LogP contribution in [0.25, 0.3) is 0 Å². The maximum absolute atomic E-state index is 11.7. The Hall–Kier alpha value is -1.78. The second-order valence-corrected chi connectivity index (χ2v) is 4.26. The second-order valence-electron chi connectivity index (χ2n) is 3.44. The molecule has 0 fully saturated rings. The highest BCUT2D eigenvalue weighted by molar-refractivity contribution is 6.42. The summed E-state index contributed by atoms with van der Waals surface area (Å²) in [5, 5.41) is 6.13. The largest absolute Gasteiger partial charge is 0.323 e. The molecule has 2 amide bonds. The van der Waals surface area contributed by atoms with Crippen LogP contribution in [0.2, 0.25) is 10.0 Å². The molecule has 106 valence electrons. The number of rotatable bonds is 2. The van der Waals surface area contributed by atoms with Gasteiger partial charge < -0.3 is 10.6 Å². The number of halogens is 2. The van der Waals surface area contributed by atoms with E-state index in [9.17, 15) is 4.79 Å². The third-order valence-electron chi connectivity index (χ3n) is 2.12. The number of nitrogens with zero attached hydrogens (tertiary/aromatic N) is 1. The molecule has 0 aliphatic heterocycles. The highest BCUT2D eigenvalue weighted by atomic mass is 35.5. The van der Waals surface area contributed by atoms with Gasteiger partial charge in [0.2, 0.25) is 0 Å². The highest BCUT2D eigenvalue weighted by Crippen LogP contribution is 2.25. The van der Waals surface area contributed by atoms with Crippen molar-refractivity contribution in [3.05, 3.63) is 52.8 Å². The van der Waals surface area contributed by atoms with Crippen LogP contribution >= 0.6 is 23.2 Å². The molecular formula is C14H15Cl2N3O. The fourth-order valence-electron chi connectivity index (χ4n) is 1.30. The first kappa shape index (κ1) is 16.3.